The normalized spacial score (nSPS) is 10.8. The first-order chi connectivity index (χ1) is 9.41. The van der Waals surface area contributed by atoms with Crippen LogP contribution in [-0.2, 0) is 4.74 Å². The summed E-state index contributed by atoms with van der Waals surface area (Å²) in [5.41, 5.74) is 0.520. The monoisotopic (exact) mass is 284 g/mol. The summed E-state index contributed by atoms with van der Waals surface area (Å²) in [6.45, 7) is 6.80. The maximum absolute atomic E-state index is 13.3. The molecule has 0 aliphatic carbocycles. The lowest BCUT2D eigenvalue weighted by molar-refractivity contribution is -0.384. The van der Waals surface area contributed by atoms with E-state index in [0.29, 0.717) is 24.4 Å². The third kappa shape index (κ3) is 5.13. The largest absolute Gasteiger partial charge is 0.379 e. The Kier molecular flexibility index (Phi) is 6.38. The van der Waals surface area contributed by atoms with Crippen molar-refractivity contribution in [3.05, 3.63) is 33.6 Å². The van der Waals surface area contributed by atoms with Crippen LogP contribution in [0, 0.1) is 22.9 Å². The van der Waals surface area contributed by atoms with Crippen LogP contribution in [0.4, 0.5) is 15.8 Å². The van der Waals surface area contributed by atoms with Gasteiger partial charge in [0, 0.05) is 13.2 Å². The second-order valence-electron chi connectivity index (χ2n) is 4.93. The van der Waals surface area contributed by atoms with Crippen LogP contribution >= 0.6 is 0 Å². The van der Waals surface area contributed by atoms with Crippen molar-refractivity contribution < 1.29 is 14.1 Å². The molecule has 1 rings (SSSR count). The van der Waals surface area contributed by atoms with E-state index in [1.165, 1.54) is 6.07 Å². The predicted molar refractivity (Wildman–Crippen MR) is 76.6 cm³/mol. The summed E-state index contributed by atoms with van der Waals surface area (Å²) in [6.07, 6.45) is 1.92. The number of anilines is 1. The van der Waals surface area contributed by atoms with E-state index in [-0.39, 0.29) is 11.8 Å². The molecule has 0 saturated heterocycles. The average Bonchev–Trinajstić information content (AvgIpc) is 2.36. The van der Waals surface area contributed by atoms with E-state index in [1.54, 1.807) is 6.92 Å². The van der Waals surface area contributed by atoms with Crippen LogP contribution < -0.4 is 5.32 Å². The number of hydrogen-bond donors (Lipinski definition) is 1. The zero-order valence-electron chi connectivity index (χ0n) is 12.1. The third-order valence-electron chi connectivity index (χ3n) is 2.81. The van der Waals surface area contributed by atoms with Crippen molar-refractivity contribution >= 4 is 11.4 Å². The number of nitrogens with one attached hydrogen (secondary N) is 1. The van der Waals surface area contributed by atoms with Crippen LogP contribution in [0.2, 0.25) is 0 Å². The van der Waals surface area contributed by atoms with Gasteiger partial charge < -0.3 is 10.1 Å². The van der Waals surface area contributed by atoms with Gasteiger partial charge in [-0.2, -0.15) is 0 Å². The molecule has 6 heteroatoms. The Morgan fingerprint density at radius 1 is 1.40 bits per heavy atom. The highest BCUT2D eigenvalue weighted by Gasteiger charge is 2.16. The molecule has 1 N–H and O–H groups in total. The fourth-order valence-corrected chi connectivity index (χ4v) is 1.73. The van der Waals surface area contributed by atoms with Crippen molar-refractivity contribution in [1.29, 1.82) is 0 Å². The minimum atomic E-state index is -0.577. The van der Waals surface area contributed by atoms with Crippen LogP contribution in [-0.4, -0.2) is 24.2 Å². The summed E-state index contributed by atoms with van der Waals surface area (Å²) >= 11 is 0. The van der Waals surface area contributed by atoms with Gasteiger partial charge in [-0.15, -0.1) is 0 Å². The highest BCUT2D eigenvalue weighted by atomic mass is 19.1. The van der Waals surface area contributed by atoms with Gasteiger partial charge in [-0.3, -0.25) is 10.1 Å². The molecular weight excluding hydrogens is 263 g/mol. The molecule has 0 spiro atoms. The van der Waals surface area contributed by atoms with E-state index in [2.05, 4.69) is 5.32 Å². The van der Waals surface area contributed by atoms with Gasteiger partial charge in [0.1, 0.15) is 11.5 Å². The highest BCUT2D eigenvalue weighted by molar-refractivity contribution is 5.63. The second-order valence-corrected chi connectivity index (χ2v) is 4.93. The van der Waals surface area contributed by atoms with Gasteiger partial charge in [-0.05, 0) is 45.2 Å². The van der Waals surface area contributed by atoms with Crippen molar-refractivity contribution in [3.8, 4) is 0 Å². The lowest BCUT2D eigenvalue weighted by atomic mass is 10.1. The fourth-order valence-electron chi connectivity index (χ4n) is 1.73. The molecular formula is C14H21FN2O3. The molecule has 112 valence electrons. The summed E-state index contributed by atoms with van der Waals surface area (Å²) < 4.78 is 18.7. The lowest BCUT2D eigenvalue weighted by Gasteiger charge is -2.10. The van der Waals surface area contributed by atoms with Gasteiger partial charge in [0.15, 0.2) is 0 Å². The molecule has 0 aliphatic heterocycles. The van der Waals surface area contributed by atoms with E-state index in [1.807, 2.05) is 13.8 Å². The topological polar surface area (TPSA) is 64.4 Å². The summed E-state index contributed by atoms with van der Waals surface area (Å²) in [5, 5.41) is 13.9. The first-order valence-electron chi connectivity index (χ1n) is 6.72. The number of halogens is 1. The predicted octanol–water partition coefficient (Wildman–Crippen LogP) is 3.66. The Morgan fingerprint density at radius 3 is 2.70 bits per heavy atom. The Labute approximate surface area is 118 Å². The zero-order valence-corrected chi connectivity index (χ0v) is 12.1. The number of aryl methyl sites for hydroxylation is 1. The van der Waals surface area contributed by atoms with Crippen LogP contribution in [0.5, 0.6) is 0 Å². The smallest absolute Gasteiger partial charge is 0.295 e. The number of nitro benzene ring substituents is 1. The van der Waals surface area contributed by atoms with Crippen LogP contribution in [0.25, 0.3) is 0 Å². The third-order valence-corrected chi connectivity index (χ3v) is 2.81. The minimum absolute atomic E-state index is 0.212. The molecule has 0 radical (unpaired) electrons. The first-order valence-corrected chi connectivity index (χ1v) is 6.72. The fraction of sp³-hybridized carbons (Fsp3) is 0.571. The van der Waals surface area contributed by atoms with Crippen LogP contribution in [0.15, 0.2) is 12.1 Å². The molecule has 1 aromatic carbocycles. The molecule has 0 aromatic heterocycles. The first kappa shape index (κ1) is 16.4. The molecule has 0 saturated carbocycles. The van der Waals surface area contributed by atoms with E-state index in [4.69, 9.17) is 4.74 Å². The maximum Gasteiger partial charge on any atom is 0.295 e. The van der Waals surface area contributed by atoms with Gasteiger partial charge in [0.2, 0.25) is 0 Å². The van der Waals surface area contributed by atoms with E-state index in [9.17, 15) is 14.5 Å². The Bertz CT molecular complexity index is 464. The number of nitrogens with zero attached hydrogens (tertiary/aromatic N) is 1. The molecule has 0 amide bonds. The van der Waals surface area contributed by atoms with E-state index >= 15 is 0 Å². The summed E-state index contributed by atoms with van der Waals surface area (Å²) in [7, 11) is 0. The Morgan fingerprint density at radius 2 is 2.10 bits per heavy atom. The van der Waals surface area contributed by atoms with Crippen molar-refractivity contribution in [2.24, 2.45) is 0 Å². The van der Waals surface area contributed by atoms with Gasteiger partial charge in [0.05, 0.1) is 17.1 Å². The molecule has 1 aromatic rings. The molecule has 0 unspecified atom stereocenters. The highest BCUT2D eigenvalue weighted by Crippen LogP contribution is 2.27. The summed E-state index contributed by atoms with van der Waals surface area (Å²) in [5.74, 6) is -0.562. The van der Waals surface area contributed by atoms with Gasteiger partial charge >= 0.3 is 0 Å². The van der Waals surface area contributed by atoms with Crippen molar-refractivity contribution in [1.82, 2.24) is 0 Å². The molecule has 0 bridgehead atoms. The molecule has 0 heterocycles. The molecule has 5 nitrogen and oxygen atoms in total. The van der Waals surface area contributed by atoms with Crippen LogP contribution in [0.3, 0.4) is 0 Å². The number of unbranched alkanes of at least 4 members (excludes halogenated alkanes) is 1. The van der Waals surface area contributed by atoms with Gasteiger partial charge in [0.25, 0.3) is 5.69 Å². The number of rotatable bonds is 8. The summed E-state index contributed by atoms with van der Waals surface area (Å²) in [4.78, 5) is 10.3. The Hall–Kier alpha value is -1.69. The number of hydrogen-bond acceptors (Lipinski definition) is 4. The van der Waals surface area contributed by atoms with Crippen molar-refractivity contribution in [3.63, 3.8) is 0 Å². The lowest BCUT2D eigenvalue weighted by Crippen LogP contribution is -2.08. The quantitative estimate of drug-likeness (QED) is 0.449. The number of benzene rings is 1. The number of ether oxygens (including phenoxy) is 1. The van der Waals surface area contributed by atoms with Crippen molar-refractivity contribution in [2.75, 3.05) is 18.5 Å². The minimum Gasteiger partial charge on any atom is -0.379 e. The second kappa shape index (κ2) is 7.79. The molecule has 0 aliphatic rings. The molecule has 0 atom stereocenters. The average molecular weight is 284 g/mol. The molecule has 0 fully saturated rings. The summed E-state index contributed by atoms with van der Waals surface area (Å²) in [6, 6.07) is 2.43. The standard InChI is InChI=1S/C14H21FN2O3/c1-10(2)20-7-5-4-6-16-13-8-11(3)12(15)9-14(13)17(18)19/h8-10,16H,4-7H2,1-3H3. The SMILES string of the molecule is Cc1cc(NCCCCOC(C)C)c([N+](=O)[O-])cc1F. The number of nitro groups is 1. The van der Waals surface area contributed by atoms with E-state index < -0.39 is 10.7 Å². The van der Waals surface area contributed by atoms with E-state index in [0.717, 1.165) is 18.9 Å². The maximum atomic E-state index is 13.3. The zero-order chi connectivity index (χ0) is 15.1. The molecule has 20 heavy (non-hydrogen) atoms. The van der Waals surface area contributed by atoms with Gasteiger partial charge in [-0.1, -0.05) is 0 Å². The Balaban J connectivity index is 2.51. The van der Waals surface area contributed by atoms with Gasteiger partial charge in [-0.25, -0.2) is 4.39 Å². The van der Waals surface area contributed by atoms with Crippen LogP contribution in [0.1, 0.15) is 32.3 Å². The van der Waals surface area contributed by atoms with Crippen molar-refractivity contribution in [2.45, 2.75) is 39.7 Å².